The third-order valence-corrected chi connectivity index (χ3v) is 6.27. The van der Waals surface area contributed by atoms with Gasteiger partial charge in [-0.1, -0.05) is 24.3 Å². The first kappa shape index (κ1) is 24.3. The van der Waals surface area contributed by atoms with E-state index in [0.29, 0.717) is 4.48 Å². The molecule has 0 saturated carbocycles. The van der Waals surface area contributed by atoms with Crippen molar-refractivity contribution >= 4 is 18.4 Å². The van der Waals surface area contributed by atoms with Crippen LogP contribution in [0.3, 0.4) is 0 Å². The first-order chi connectivity index (χ1) is 13.9. The minimum absolute atomic E-state index is 0. The van der Waals surface area contributed by atoms with Gasteiger partial charge < -0.3 is 5.73 Å². The van der Waals surface area contributed by atoms with E-state index in [2.05, 4.69) is 4.90 Å². The summed E-state index contributed by atoms with van der Waals surface area (Å²) in [6.07, 6.45) is 1.85. The van der Waals surface area contributed by atoms with Crippen LogP contribution < -0.4 is 5.73 Å². The Labute approximate surface area is 183 Å². The molecular weight excluding hydrogens is 408 g/mol. The number of nitrogens with two attached hydrogens (primary N) is 1. The van der Waals surface area contributed by atoms with Crippen LogP contribution in [0.15, 0.2) is 48.5 Å². The molecule has 0 unspecified atom stereocenters. The van der Waals surface area contributed by atoms with Crippen LogP contribution in [0.4, 0.5) is 13.6 Å². The summed E-state index contributed by atoms with van der Waals surface area (Å²) in [5, 5.41) is 0. The molecule has 1 saturated heterocycles. The molecule has 1 aliphatic rings. The predicted molar refractivity (Wildman–Crippen MR) is 118 cm³/mol. The maximum absolute atomic E-state index is 13.4. The van der Waals surface area contributed by atoms with E-state index in [1.807, 2.05) is 31.2 Å². The van der Waals surface area contributed by atoms with E-state index in [1.54, 1.807) is 0 Å². The number of amides is 2. The van der Waals surface area contributed by atoms with Crippen LogP contribution in [0.1, 0.15) is 36.8 Å². The van der Waals surface area contributed by atoms with Crippen LogP contribution in [0.5, 0.6) is 0 Å². The van der Waals surface area contributed by atoms with Crippen molar-refractivity contribution in [1.82, 2.24) is 4.90 Å². The number of carbonyl (C=O) groups is 1. The maximum Gasteiger partial charge on any atom is 0.414 e. The smallest absolute Gasteiger partial charge is 0.319 e. The number of piperazine rings is 1. The zero-order valence-electron chi connectivity index (χ0n) is 17.4. The van der Waals surface area contributed by atoms with Gasteiger partial charge in [0.15, 0.2) is 0 Å². The second-order valence-electron chi connectivity index (χ2n) is 7.89. The van der Waals surface area contributed by atoms with Crippen LogP contribution in [-0.2, 0) is 0 Å². The van der Waals surface area contributed by atoms with E-state index < -0.39 is 0 Å². The van der Waals surface area contributed by atoms with E-state index in [9.17, 15) is 13.6 Å². The lowest BCUT2D eigenvalue weighted by molar-refractivity contribution is -0.852. The Morgan fingerprint density at radius 3 is 1.87 bits per heavy atom. The van der Waals surface area contributed by atoms with Crippen LogP contribution >= 0.6 is 12.4 Å². The predicted octanol–water partition coefficient (Wildman–Crippen LogP) is 4.53. The van der Waals surface area contributed by atoms with Gasteiger partial charge in [-0.15, -0.1) is 12.4 Å². The Bertz CT molecular complexity index is 761. The molecule has 0 atom stereocenters. The summed E-state index contributed by atoms with van der Waals surface area (Å²) >= 11 is 0. The van der Waals surface area contributed by atoms with E-state index >= 15 is 0 Å². The highest BCUT2D eigenvalue weighted by atomic mass is 35.5. The molecule has 1 aliphatic heterocycles. The van der Waals surface area contributed by atoms with Crippen molar-refractivity contribution in [2.75, 3.05) is 39.3 Å². The number of quaternary nitrogens is 1. The molecule has 1 heterocycles. The molecule has 7 heteroatoms. The van der Waals surface area contributed by atoms with Crippen molar-refractivity contribution in [3.05, 3.63) is 71.3 Å². The third kappa shape index (κ3) is 5.78. The molecule has 0 spiro atoms. The number of likely N-dealkylation sites (N-methyl/N-ethyl adjacent to an activating group) is 1. The van der Waals surface area contributed by atoms with Gasteiger partial charge in [-0.25, -0.2) is 18.1 Å². The normalized spacial score (nSPS) is 16.3. The fourth-order valence-electron chi connectivity index (χ4n) is 4.24. The number of hydrogen-bond acceptors (Lipinski definition) is 2. The second kappa shape index (κ2) is 10.8. The molecule has 0 aliphatic carbocycles. The highest BCUT2D eigenvalue weighted by Crippen LogP contribution is 2.30. The molecule has 0 aromatic heterocycles. The number of primary amides is 1. The summed E-state index contributed by atoms with van der Waals surface area (Å²) in [6.45, 7) is 6.90. The lowest BCUT2D eigenvalue weighted by Gasteiger charge is -2.40. The Hall–Kier alpha value is -2.02. The molecule has 2 N–H and O–H groups in total. The van der Waals surface area contributed by atoms with Crippen LogP contribution in [0.2, 0.25) is 0 Å². The zero-order chi connectivity index (χ0) is 20.9. The summed E-state index contributed by atoms with van der Waals surface area (Å²) in [4.78, 5) is 14.2. The van der Waals surface area contributed by atoms with E-state index in [0.717, 1.165) is 63.2 Å². The number of rotatable bonds is 7. The number of nitrogens with zero attached hydrogens (tertiary/aromatic N) is 2. The third-order valence-electron chi connectivity index (χ3n) is 6.27. The van der Waals surface area contributed by atoms with Gasteiger partial charge in [0.05, 0.1) is 6.54 Å². The Morgan fingerprint density at radius 1 is 1.00 bits per heavy atom. The highest BCUT2D eigenvalue weighted by molar-refractivity contribution is 5.85. The van der Waals surface area contributed by atoms with Gasteiger partial charge in [-0.2, -0.15) is 0 Å². The molecule has 2 aromatic rings. The van der Waals surface area contributed by atoms with Crippen LogP contribution in [-0.4, -0.2) is 54.7 Å². The summed E-state index contributed by atoms with van der Waals surface area (Å²) in [7, 11) is 0. The summed E-state index contributed by atoms with van der Waals surface area (Å²) in [5.74, 6) is -0.420. The summed E-state index contributed by atoms with van der Waals surface area (Å²) in [6, 6.07) is 12.9. The van der Waals surface area contributed by atoms with Crippen molar-refractivity contribution in [2.24, 2.45) is 5.73 Å². The van der Waals surface area contributed by atoms with Crippen molar-refractivity contribution < 1.29 is 18.1 Å². The molecule has 0 bridgehead atoms. The topological polar surface area (TPSA) is 46.3 Å². The number of halogens is 3. The lowest BCUT2D eigenvalue weighted by Crippen LogP contribution is -2.64. The number of benzene rings is 2. The fraction of sp³-hybridized carbons (Fsp3) is 0.435. The largest absolute Gasteiger partial charge is 0.414 e. The quantitative estimate of drug-likeness (QED) is 0.645. The van der Waals surface area contributed by atoms with Gasteiger partial charge >= 0.3 is 6.03 Å². The Kier molecular flexibility index (Phi) is 8.77. The average molecular weight is 439 g/mol. The molecule has 3 rings (SSSR count). The van der Waals surface area contributed by atoms with Gasteiger partial charge in [0.1, 0.15) is 24.7 Å². The average Bonchev–Trinajstić information content (AvgIpc) is 2.73. The molecule has 4 nitrogen and oxygen atoms in total. The Morgan fingerprint density at radius 2 is 1.47 bits per heavy atom. The molecule has 30 heavy (non-hydrogen) atoms. The molecular formula is C23H31ClF2N3O+. The van der Waals surface area contributed by atoms with Crippen LogP contribution in [0.25, 0.3) is 0 Å². The van der Waals surface area contributed by atoms with Crippen molar-refractivity contribution in [1.29, 1.82) is 0 Å². The van der Waals surface area contributed by atoms with E-state index in [1.165, 1.54) is 24.3 Å². The maximum atomic E-state index is 13.4. The van der Waals surface area contributed by atoms with Crippen molar-refractivity contribution in [2.45, 2.75) is 25.7 Å². The summed E-state index contributed by atoms with van der Waals surface area (Å²) < 4.78 is 27.1. The first-order valence-electron chi connectivity index (χ1n) is 10.3. The second-order valence-corrected chi connectivity index (χ2v) is 7.89. The number of hydrogen-bond donors (Lipinski definition) is 1. The van der Waals surface area contributed by atoms with E-state index in [-0.39, 0.29) is 36.0 Å². The number of carbonyl (C=O) groups excluding carboxylic acids is 1. The monoisotopic (exact) mass is 438 g/mol. The Balaban J connectivity index is 0.00000320. The van der Waals surface area contributed by atoms with Gasteiger partial charge in [-0.3, -0.25) is 4.90 Å². The molecule has 2 amide bonds. The van der Waals surface area contributed by atoms with Gasteiger partial charge in [0.25, 0.3) is 0 Å². The first-order valence-corrected chi connectivity index (χ1v) is 10.3. The van der Waals surface area contributed by atoms with Gasteiger partial charge in [0, 0.05) is 19.0 Å². The SMILES string of the molecule is CC[N+]1(C(N)=O)CCN(CCCC(c2ccc(F)cc2)c2ccc(F)cc2)CC1.Cl. The molecule has 164 valence electrons. The fourth-order valence-corrected chi connectivity index (χ4v) is 4.24. The van der Waals surface area contributed by atoms with E-state index in [4.69, 9.17) is 5.73 Å². The van der Waals surface area contributed by atoms with Crippen molar-refractivity contribution in [3.8, 4) is 0 Å². The minimum atomic E-state index is -0.257. The lowest BCUT2D eigenvalue weighted by atomic mass is 9.87. The summed E-state index contributed by atoms with van der Waals surface area (Å²) in [5.41, 5.74) is 7.68. The standard InChI is InChI=1S/C23H29F2N3O.ClH/c1-2-28(23(26)29)16-14-27(15-17-28)13-3-4-22(18-5-9-20(24)10-6-18)19-7-11-21(25)12-8-19;/h5-12,22H,2-4,13-17H2,1H3,(H-,26,29);1H/p+1. The highest BCUT2D eigenvalue weighted by Gasteiger charge is 2.36. The molecule has 2 aromatic carbocycles. The van der Waals surface area contributed by atoms with Crippen molar-refractivity contribution in [3.63, 3.8) is 0 Å². The van der Waals surface area contributed by atoms with Gasteiger partial charge in [-0.05, 0) is 61.7 Å². The molecule has 1 fully saturated rings. The number of urea groups is 1. The van der Waals surface area contributed by atoms with Gasteiger partial charge in [0.2, 0.25) is 0 Å². The van der Waals surface area contributed by atoms with Crippen LogP contribution in [0, 0.1) is 11.6 Å². The molecule has 0 radical (unpaired) electrons. The zero-order valence-corrected chi connectivity index (χ0v) is 18.2. The minimum Gasteiger partial charge on any atom is -0.319 e.